The molecule has 4 rings (SSSR count). The number of hydrogen-bond acceptors (Lipinski definition) is 4. The fourth-order valence-corrected chi connectivity index (χ4v) is 2.96. The average Bonchev–Trinajstić information content (AvgIpc) is 3.27. The SMILES string of the molecule is O=C(CNc1ccc2ccccc2c1)Nc1cccc(NC(=O)c2ccco2)c1. The van der Waals surface area contributed by atoms with Crippen molar-refractivity contribution in [3.05, 3.63) is 90.9 Å². The van der Waals surface area contributed by atoms with E-state index in [9.17, 15) is 9.59 Å². The van der Waals surface area contributed by atoms with E-state index in [-0.39, 0.29) is 24.1 Å². The summed E-state index contributed by atoms with van der Waals surface area (Å²) >= 11 is 0. The van der Waals surface area contributed by atoms with Gasteiger partial charge in [0.05, 0.1) is 12.8 Å². The third kappa shape index (κ3) is 4.62. The average molecular weight is 385 g/mol. The van der Waals surface area contributed by atoms with Crippen LogP contribution in [0.2, 0.25) is 0 Å². The predicted octanol–water partition coefficient (Wildman–Crippen LogP) is 4.74. The third-order valence-electron chi connectivity index (χ3n) is 4.35. The van der Waals surface area contributed by atoms with E-state index in [1.54, 1.807) is 36.4 Å². The number of amides is 2. The normalized spacial score (nSPS) is 10.5. The van der Waals surface area contributed by atoms with Crippen molar-refractivity contribution < 1.29 is 14.0 Å². The molecule has 0 unspecified atom stereocenters. The van der Waals surface area contributed by atoms with Gasteiger partial charge in [-0.3, -0.25) is 9.59 Å². The van der Waals surface area contributed by atoms with Gasteiger partial charge in [-0.15, -0.1) is 0 Å². The lowest BCUT2D eigenvalue weighted by Gasteiger charge is -2.10. The summed E-state index contributed by atoms with van der Waals surface area (Å²) in [5.41, 5.74) is 2.03. The van der Waals surface area contributed by atoms with Crippen molar-refractivity contribution in [2.45, 2.75) is 0 Å². The molecule has 0 atom stereocenters. The predicted molar refractivity (Wildman–Crippen MR) is 114 cm³/mol. The zero-order valence-corrected chi connectivity index (χ0v) is 15.5. The monoisotopic (exact) mass is 385 g/mol. The Morgan fingerprint density at radius 2 is 1.52 bits per heavy atom. The Bertz CT molecular complexity index is 1150. The van der Waals surface area contributed by atoms with E-state index in [0.717, 1.165) is 16.5 Å². The van der Waals surface area contributed by atoms with Crippen molar-refractivity contribution in [3.63, 3.8) is 0 Å². The lowest BCUT2D eigenvalue weighted by atomic mass is 10.1. The molecule has 0 radical (unpaired) electrons. The van der Waals surface area contributed by atoms with Crippen LogP contribution in [-0.4, -0.2) is 18.4 Å². The molecular weight excluding hydrogens is 366 g/mol. The molecule has 0 spiro atoms. The second-order valence-corrected chi connectivity index (χ2v) is 6.48. The molecule has 0 aliphatic heterocycles. The van der Waals surface area contributed by atoms with E-state index in [1.807, 2.05) is 42.5 Å². The van der Waals surface area contributed by atoms with E-state index < -0.39 is 0 Å². The second-order valence-electron chi connectivity index (χ2n) is 6.48. The van der Waals surface area contributed by atoms with Gasteiger partial charge in [0.25, 0.3) is 5.91 Å². The lowest BCUT2D eigenvalue weighted by molar-refractivity contribution is -0.114. The molecule has 0 saturated carbocycles. The van der Waals surface area contributed by atoms with Crippen LogP contribution in [-0.2, 0) is 4.79 Å². The van der Waals surface area contributed by atoms with Crippen molar-refractivity contribution in [1.82, 2.24) is 0 Å². The first-order valence-corrected chi connectivity index (χ1v) is 9.15. The van der Waals surface area contributed by atoms with Crippen LogP contribution in [0.1, 0.15) is 10.6 Å². The molecule has 3 aromatic carbocycles. The van der Waals surface area contributed by atoms with Crippen LogP contribution >= 0.6 is 0 Å². The quantitative estimate of drug-likeness (QED) is 0.448. The van der Waals surface area contributed by atoms with Crippen molar-refractivity contribution in [2.24, 2.45) is 0 Å². The Labute approximate surface area is 167 Å². The van der Waals surface area contributed by atoms with E-state index in [0.29, 0.717) is 11.4 Å². The fraction of sp³-hybridized carbons (Fsp3) is 0.0435. The van der Waals surface area contributed by atoms with Crippen molar-refractivity contribution in [2.75, 3.05) is 22.5 Å². The molecule has 1 aromatic heterocycles. The molecule has 144 valence electrons. The first kappa shape index (κ1) is 18.3. The molecule has 0 aliphatic carbocycles. The minimum absolute atomic E-state index is 0.126. The van der Waals surface area contributed by atoms with Gasteiger partial charge >= 0.3 is 0 Å². The number of carbonyl (C=O) groups excluding carboxylic acids is 2. The van der Waals surface area contributed by atoms with Crippen LogP contribution in [0.4, 0.5) is 17.1 Å². The minimum atomic E-state index is -0.351. The van der Waals surface area contributed by atoms with Gasteiger partial charge < -0.3 is 20.4 Å². The Balaban J connectivity index is 1.34. The molecule has 0 saturated heterocycles. The number of rotatable bonds is 6. The molecular formula is C23H19N3O3. The standard InChI is InChI=1S/C23H19N3O3/c27-22(15-24-18-11-10-16-5-1-2-6-17(16)13-18)25-19-7-3-8-20(14-19)26-23(28)21-9-4-12-29-21/h1-14,24H,15H2,(H,25,27)(H,26,28). The molecule has 0 aliphatic rings. The zero-order valence-electron chi connectivity index (χ0n) is 15.5. The van der Waals surface area contributed by atoms with E-state index in [1.165, 1.54) is 6.26 Å². The number of anilines is 3. The summed E-state index contributed by atoms with van der Waals surface area (Å²) in [4.78, 5) is 24.4. The maximum Gasteiger partial charge on any atom is 0.291 e. The number of nitrogens with one attached hydrogen (secondary N) is 3. The molecule has 2 amide bonds. The van der Waals surface area contributed by atoms with Gasteiger partial charge in [-0.2, -0.15) is 0 Å². The maximum atomic E-state index is 12.3. The molecule has 0 bridgehead atoms. The summed E-state index contributed by atoms with van der Waals surface area (Å²) in [5, 5.41) is 10.9. The van der Waals surface area contributed by atoms with Crippen LogP contribution in [0.5, 0.6) is 0 Å². The van der Waals surface area contributed by atoms with Crippen molar-refractivity contribution in [3.8, 4) is 0 Å². The van der Waals surface area contributed by atoms with E-state index in [4.69, 9.17) is 4.42 Å². The van der Waals surface area contributed by atoms with E-state index in [2.05, 4.69) is 16.0 Å². The van der Waals surface area contributed by atoms with Gasteiger partial charge in [0, 0.05) is 17.1 Å². The Morgan fingerprint density at radius 1 is 0.724 bits per heavy atom. The molecule has 3 N–H and O–H groups in total. The highest BCUT2D eigenvalue weighted by Gasteiger charge is 2.09. The van der Waals surface area contributed by atoms with Gasteiger partial charge in [-0.1, -0.05) is 36.4 Å². The first-order chi connectivity index (χ1) is 14.2. The first-order valence-electron chi connectivity index (χ1n) is 9.15. The lowest BCUT2D eigenvalue weighted by Crippen LogP contribution is -2.21. The summed E-state index contributed by atoms with van der Waals surface area (Å²) in [5.74, 6) is -0.317. The summed E-state index contributed by atoms with van der Waals surface area (Å²) < 4.78 is 5.07. The smallest absolute Gasteiger partial charge is 0.291 e. The van der Waals surface area contributed by atoms with Gasteiger partial charge in [0.15, 0.2) is 5.76 Å². The molecule has 4 aromatic rings. The number of furan rings is 1. The topological polar surface area (TPSA) is 83.4 Å². The molecule has 1 heterocycles. The number of hydrogen-bond donors (Lipinski definition) is 3. The Hall–Kier alpha value is -4.06. The van der Waals surface area contributed by atoms with Crippen LogP contribution < -0.4 is 16.0 Å². The number of carbonyl (C=O) groups is 2. The van der Waals surface area contributed by atoms with E-state index >= 15 is 0 Å². The fourth-order valence-electron chi connectivity index (χ4n) is 2.96. The minimum Gasteiger partial charge on any atom is -0.459 e. The zero-order chi connectivity index (χ0) is 20.1. The van der Waals surface area contributed by atoms with Gasteiger partial charge in [0.1, 0.15) is 0 Å². The summed E-state index contributed by atoms with van der Waals surface area (Å²) in [6, 6.07) is 24.2. The highest BCUT2D eigenvalue weighted by molar-refractivity contribution is 6.03. The Kier molecular flexibility index (Phi) is 5.25. The summed E-state index contributed by atoms with van der Waals surface area (Å²) in [7, 11) is 0. The second kappa shape index (κ2) is 8.31. The number of benzene rings is 3. The van der Waals surface area contributed by atoms with Crippen LogP contribution in [0.25, 0.3) is 10.8 Å². The molecule has 0 fully saturated rings. The van der Waals surface area contributed by atoms with Crippen molar-refractivity contribution >= 4 is 39.6 Å². The number of fused-ring (bicyclic) bond motifs is 1. The summed E-state index contributed by atoms with van der Waals surface area (Å²) in [6.45, 7) is 0.126. The van der Waals surface area contributed by atoms with Gasteiger partial charge in [-0.05, 0) is 53.2 Å². The van der Waals surface area contributed by atoms with Gasteiger partial charge in [-0.25, -0.2) is 0 Å². The third-order valence-corrected chi connectivity index (χ3v) is 4.35. The molecule has 6 heteroatoms. The van der Waals surface area contributed by atoms with Crippen LogP contribution in [0, 0.1) is 0 Å². The van der Waals surface area contributed by atoms with Gasteiger partial charge in [0.2, 0.25) is 5.91 Å². The van der Waals surface area contributed by atoms with Crippen LogP contribution in [0.3, 0.4) is 0 Å². The maximum absolute atomic E-state index is 12.3. The molecule has 6 nitrogen and oxygen atoms in total. The van der Waals surface area contributed by atoms with Crippen LogP contribution in [0.15, 0.2) is 89.5 Å². The molecule has 29 heavy (non-hydrogen) atoms. The highest BCUT2D eigenvalue weighted by Crippen LogP contribution is 2.19. The largest absolute Gasteiger partial charge is 0.459 e. The Morgan fingerprint density at radius 3 is 2.31 bits per heavy atom. The summed E-state index contributed by atoms with van der Waals surface area (Å²) in [6.07, 6.45) is 1.44. The van der Waals surface area contributed by atoms with Crippen molar-refractivity contribution in [1.29, 1.82) is 0 Å². The highest BCUT2D eigenvalue weighted by atomic mass is 16.3.